The molecule has 1 aliphatic rings. The van der Waals surface area contributed by atoms with Crippen LogP contribution in [-0.4, -0.2) is 37.6 Å². The van der Waals surface area contributed by atoms with Gasteiger partial charge in [-0.3, -0.25) is 4.90 Å². The van der Waals surface area contributed by atoms with Crippen LogP contribution in [0.25, 0.3) is 0 Å². The Balaban J connectivity index is 2.31. The van der Waals surface area contributed by atoms with Gasteiger partial charge >= 0.3 is 0 Å². The van der Waals surface area contributed by atoms with Gasteiger partial charge in [0.2, 0.25) is 0 Å². The molecule has 1 rings (SSSR count). The number of piperidine rings is 1. The number of rotatable bonds is 5. The summed E-state index contributed by atoms with van der Waals surface area (Å²) in [6.07, 6.45) is 2.55. The van der Waals surface area contributed by atoms with Crippen LogP contribution in [0, 0.1) is 5.92 Å². The van der Waals surface area contributed by atoms with Gasteiger partial charge in [-0.15, -0.1) is 0 Å². The van der Waals surface area contributed by atoms with Crippen molar-refractivity contribution in [1.29, 1.82) is 0 Å². The van der Waals surface area contributed by atoms with Gasteiger partial charge in [-0.1, -0.05) is 30.1 Å². The van der Waals surface area contributed by atoms with Gasteiger partial charge in [-0.25, -0.2) is 0 Å². The minimum absolute atomic E-state index is 0.729. The molecule has 0 amide bonds. The van der Waals surface area contributed by atoms with Gasteiger partial charge in [0.1, 0.15) is 0 Å². The zero-order valence-electron chi connectivity index (χ0n) is 9.31. The minimum atomic E-state index is 0.729. The van der Waals surface area contributed by atoms with Crippen molar-refractivity contribution >= 4 is 23.2 Å². The summed E-state index contributed by atoms with van der Waals surface area (Å²) in [5.74, 6) is 0.811. The fraction of sp³-hybridized carbons (Fsp3) is 0.818. The minimum Gasteiger partial charge on any atom is -0.317 e. The Kier molecular flexibility index (Phi) is 6.66. The lowest BCUT2D eigenvalue weighted by molar-refractivity contribution is 0.229. The van der Waals surface area contributed by atoms with E-state index in [9.17, 15) is 0 Å². The van der Waals surface area contributed by atoms with Crippen molar-refractivity contribution in [2.75, 3.05) is 32.7 Å². The third-order valence-electron chi connectivity index (χ3n) is 2.92. The molecule has 0 aromatic carbocycles. The number of hydrogen-bond acceptors (Lipinski definition) is 2. The summed E-state index contributed by atoms with van der Waals surface area (Å²) >= 11 is 11.5. The maximum absolute atomic E-state index is 5.93. The smallest absolute Gasteiger partial charge is 0.0434 e. The van der Waals surface area contributed by atoms with Gasteiger partial charge in [-0.2, -0.15) is 0 Å². The van der Waals surface area contributed by atoms with Crippen LogP contribution in [0.4, 0.5) is 0 Å². The molecule has 0 atom stereocenters. The first-order valence-corrected chi connectivity index (χ1v) is 6.45. The second-order valence-corrected chi connectivity index (χ2v) is 4.78. The highest BCUT2D eigenvalue weighted by atomic mass is 35.5. The van der Waals surface area contributed by atoms with Gasteiger partial charge in [0.15, 0.2) is 0 Å². The summed E-state index contributed by atoms with van der Waals surface area (Å²) in [6.45, 7) is 7.43. The first-order chi connectivity index (χ1) is 7.26. The van der Waals surface area contributed by atoms with Crippen LogP contribution in [0.1, 0.15) is 19.8 Å². The molecule has 1 aliphatic heterocycles. The Morgan fingerprint density at radius 1 is 1.47 bits per heavy atom. The SMILES string of the molecule is CCN(CC(Cl)=CCl)CC1CCNCC1. The van der Waals surface area contributed by atoms with Crippen LogP contribution in [0.15, 0.2) is 10.6 Å². The molecule has 2 nitrogen and oxygen atoms in total. The van der Waals surface area contributed by atoms with E-state index in [2.05, 4.69) is 17.1 Å². The molecule has 0 aromatic rings. The molecule has 0 bridgehead atoms. The molecular weight excluding hydrogens is 231 g/mol. The van der Waals surface area contributed by atoms with Crippen molar-refractivity contribution in [2.24, 2.45) is 5.92 Å². The molecule has 0 aromatic heterocycles. The average Bonchev–Trinajstić information content (AvgIpc) is 2.29. The molecule has 1 N–H and O–H groups in total. The van der Waals surface area contributed by atoms with E-state index in [0.717, 1.165) is 43.7 Å². The van der Waals surface area contributed by atoms with Gasteiger partial charge in [-0.05, 0) is 38.4 Å². The van der Waals surface area contributed by atoms with Gasteiger partial charge < -0.3 is 5.32 Å². The second-order valence-electron chi connectivity index (χ2n) is 4.08. The molecule has 0 saturated carbocycles. The molecule has 0 aliphatic carbocycles. The number of nitrogens with zero attached hydrogens (tertiary/aromatic N) is 1. The Hall–Kier alpha value is 0.240. The largest absolute Gasteiger partial charge is 0.317 e. The third-order valence-corrected chi connectivity index (χ3v) is 3.52. The Morgan fingerprint density at radius 3 is 2.67 bits per heavy atom. The Bertz CT molecular complexity index is 201. The first kappa shape index (κ1) is 13.3. The van der Waals surface area contributed by atoms with Crippen LogP contribution in [0.2, 0.25) is 0 Å². The fourth-order valence-electron chi connectivity index (χ4n) is 1.98. The molecular formula is C11H20Cl2N2. The molecule has 1 fully saturated rings. The maximum Gasteiger partial charge on any atom is 0.0434 e. The molecule has 0 spiro atoms. The molecule has 1 saturated heterocycles. The summed E-state index contributed by atoms with van der Waals surface area (Å²) in [6, 6.07) is 0. The van der Waals surface area contributed by atoms with Crippen molar-refractivity contribution in [1.82, 2.24) is 10.2 Å². The highest BCUT2D eigenvalue weighted by Crippen LogP contribution is 2.15. The van der Waals surface area contributed by atoms with E-state index >= 15 is 0 Å². The van der Waals surface area contributed by atoms with Crippen molar-refractivity contribution in [3.05, 3.63) is 10.6 Å². The van der Waals surface area contributed by atoms with Crippen LogP contribution in [0.3, 0.4) is 0 Å². The molecule has 1 heterocycles. The Labute approximate surface area is 103 Å². The summed E-state index contributed by atoms with van der Waals surface area (Å²) in [7, 11) is 0. The average molecular weight is 251 g/mol. The maximum atomic E-state index is 5.93. The summed E-state index contributed by atoms with van der Waals surface area (Å²) in [5, 5.41) is 4.11. The second kappa shape index (κ2) is 7.50. The van der Waals surface area contributed by atoms with E-state index in [1.165, 1.54) is 18.4 Å². The third kappa shape index (κ3) is 5.21. The van der Waals surface area contributed by atoms with E-state index in [1.807, 2.05) is 0 Å². The summed E-state index contributed by atoms with van der Waals surface area (Å²) in [5.41, 5.74) is 1.46. The topological polar surface area (TPSA) is 15.3 Å². The van der Waals surface area contributed by atoms with Gasteiger partial charge in [0.25, 0.3) is 0 Å². The van der Waals surface area contributed by atoms with E-state index < -0.39 is 0 Å². The number of hydrogen-bond donors (Lipinski definition) is 1. The van der Waals surface area contributed by atoms with Crippen molar-refractivity contribution in [3.63, 3.8) is 0 Å². The lowest BCUT2D eigenvalue weighted by atomic mass is 9.97. The summed E-state index contributed by atoms with van der Waals surface area (Å²) in [4.78, 5) is 2.36. The molecule has 0 radical (unpaired) electrons. The quantitative estimate of drug-likeness (QED) is 0.808. The van der Waals surface area contributed by atoms with E-state index in [-0.39, 0.29) is 0 Å². The molecule has 4 heteroatoms. The first-order valence-electron chi connectivity index (χ1n) is 5.64. The Morgan fingerprint density at radius 2 is 2.13 bits per heavy atom. The van der Waals surface area contributed by atoms with Crippen LogP contribution in [0.5, 0.6) is 0 Å². The normalized spacial score (nSPS) is 19.9. The zero-order chi connectivity index (χ0) is 11.1. The van der Waals surface area contributed by atoms with Gasteiger partial charge in [0, 0.05) is 23.7 Å². The van der Waals surface area contributed by atoms with E-state index in [0.29, 0.717) is 0 Å². The predicted octanol–water partition coefficient (Wildman–Crippen LogP) is 2.63. The van der Waals surface area contributed by atoms with E-state index in [4.69, 9.17) is 23.2 Å². The van der Waals surface area contributed by atoms with Crippen molar-refractivity contribution in [2.45, 2.75) is 19.8 Å². The monoisotopic (exact) mass is 250 g/mol. The van der Waals surface area contributed by atoms with Crippen LogP contribution >= 0.6 is 23.2 Å². The van der Waals surface area contributed by atoms with Crippen molar-refractivity contribution in [3.8, 4) is 0 Å². The lowest BCUT2D eigenvalue weighted by Gasteiger charge is -2.29. The predicted molar refractivity (Wildman–Crippen MR) is 67.5 cm³/mol. The molecule has 0 unspecified atom stereocenters. The lowest BCUT2D eigenvalue weighted by Crippen LogP contribution is -2.36. The zero-order valence-corrected chi connectivity index (χ0v) is 10.8. The highest BCUT2D eigenvalue weighted by molar-refractivity contribution is 6.36. The fourth-order valence-corrected chi connectivity index (χ4v) is 2.22. The molecule has 15 heavy (non-hydrogen) atoms. The number of halogens is 2. The van der Waals surface area contributed by atoms with Crippen LogP contribution < -0.4 is 5.32 Å². The number of likely N-dealkylation sites (N-methyl/N-ethyl adjacent to an activating group) is 1. The van der Waals surface area contributed by atoms with Crippen LogP contribution in [-0.2, 0) is 0 Å². The van der Waals surface area contributed by atoms with Gasteiger partial charge in [0.05, 0.1) is 0 Å². The number of nitrogens with one attached hydrogen (secondary N) is 1. The highest BCUT2D eigenvalue weighted by Gasteiger charge is 2.16. The standard InChI is InChI=1S/C11H20Cl2N2/c1-2-15(9-11(13)7-12)8-10-3-5-14-6-4-10/h7,10,14H,2-6,8-9H2,1H3. The molecule has 88 valence electrons. The van der Waals surface area contributed by atoms with Crippen molar-refractivity contribution < 1.29 is 0 Å². The van der Waals surface area contributed by atoms with E-state index in [1.54, 1.807) is 0 Å². The summed E-state index contributed by atoms with van der Waals surface area (Å²) < 4.78 is 0.